The van der Waals surface area contributed by atoms with E-state index in [0.29, 0.717) is 5.56 Å². The van der Waals surface area contributed by atoms with E-state index in [9.17, 15) is 40.3 Å². The molecule has 45 heavy (non-hydrogen) atoms. The van der Waals surface area contributed by atoms with Crippen molar-refractivity contribution in [3.8, 4) is 5.88 Å². The van der Waals surface area contributed by atoms with Gasteiger partial charge in [-0.15, -0.1) is 0 Å². The summed E-state index contributed by atoms with van der Waals surface area (Å²) in [6.45, 7) is -0.0909. The number of carbonyl (C=O) groups is 2. The molecule has 1 unspecified atom stereocenters. The number of hydrogen-bond acceptors (Lipinski definition) is 7. The normalized spacial score (nSPS) is 19.3. The van der Waals surface area contributed by atoms with E-state index in [1.54, 1.807) is 6.07 Å². The highest BCUT2D eigenvalue weighted by Crippen LogP contribution is 2.43. The molecule has 0 aromatic carbocycles. The van der Waals surface area contributed by atoms with Crippen LogP contribution < -0.4 is 15.4 Å². The van der Waals surface area contributed by atoms with Crippen molar-refractivity contribution in [1.29, 1.82) is 0 Å². The quantitative estimate of drug-likeness (QED) is 0.238. The van der Waals surface area contributed by atoms with E-state index in [4.69, 9.17) is 9.26 Å². The minimum absolute atomic E-state index is 0.00910. The van der Waals surface area contributed by atoms with Crippen molar-refractivity contribution >= 4 is 17.5 Å². The first-order valence-electron chi connectivity index (χ1n) is 14.5. The molecule has 2 saturated carbocycles. The smallest absolute Gasteiger partial charge is 0.392 e. The van der Waals surface area contributed by atoms with E-state index >= 15 is 0 Å². The molecule has 0 saturated heterocycles. The van der Waals surface area contributed by atoms with Gasteiger partial charge >= 0.3 is 6.18 Å². The van der Waals surface area contributed by atoms with Gasteiger partial charge in [-0.1, -0.05) is 6.92 Å². The van der Waals surface area contributed by atoms with Crippen LogP contribution in [0.4, 0.5) is 30.7 Å². The number of nitrogens with zero attached hydrogens (tertiary/aromatic N) is 4. The lowest BCUT2D eigenvalue weighted by Crippen LogP contribution is -2.37. The third-order valence-electron chi connectivity index (χ3n) is 8.14. The van der Waals surface area contributed by atoms with Gasteiger partial charge in [-0.05, 0) is 54.3 Å². The highest BCUT2D eigenvalue weighted by atomic mass is 19.4. The van der Waals surface area contributed by atoms with Crippen LogP contribution in [0.15, 0.2) is 29.2 Å². The largest absolute Gasteiger partial charge is 0.469 e. The van der Waals surface area contributed by atoms with Gasteiger partial charge in [-0.3, -0.25) is 9.59 Å². The summed E-state index contributed by atoms with van der Waals surface area (Å²) in [6.07, 6.45) is -3.37. The van der Waals surface area contributed by atoms with Gasteiger partial charge in [0.2, 0.25) is 11.8 Å². The number of alkyl halides is 7. The van der Waals surface area contributed by atoms with Gasteiger partial charge in [-0.2, -0.15) is 18.3 Å². The average molecular weight is 649 g/mol. The molecule has 2 aliphatic rings. The first kappa shape index (κ1) is 32.5. The highest BCUT2D eigenvalue weighted by molar-refractivity contribution is 5.96. The fraction of sp³-hybridized carbons (Fsp3) is 0.607. The van der Waals surface area contributed by atoms with E-state index in [-0.39, 0.29) is 35.7 Å². The zero-order valence-corrected chi connectivity index (χ0v) is 24.0. The number of nitrogens with one attached hydrogen (secondary N) is 2. The molecular weight excluding hydrogens is 617 g/mol. The van der Waals surface area contributed by atoms with Crippen molar-refractivity contribution in [1.82, 2.24) is 30.4 Å². The predicted molar refractivity (Wildman–Crippen MR) is 142 cm³/mol. The van der Waals surface area contributed by atoms with Crippen LogP contribution in [-0.4, -0.2) is 56.7 Å². The minimum atomic E-state index is -4.51. The van der Waals surface area contributed by atoms with Gasteiger partial charge in [0.25, 0.3) is 18.2 Å². The monoisotopic (exact) mass is 648 g/mol. The number of hydrogen-bond donors (Lipinski definition) is 2. The fourth-order valence-electron chi connectivity index (χ4n) is 5.43. The third-order valence-corrected chi connectivity index (χ3v) is 8.14. The van der Waals surface area contributed by atoms with E-state index < -0.39 is 86.0 Å². The van der Waals surface area contributed by atoms with Crippen molar-refractivity contribution in [3.63, 3.8) is 0 Å². The lowest BCUT2D eigenvalue weighted by molar-refractivity contribution is -0.174. The number of imidazole rings is 1. The summed E-state index contributed by atoms with van der Waals surface area (Å²) in [5, 5.41) is 13.2. The number of carbonyl (C=O) groups excluding carboxylic acids is 2. The molecule has 2 N–H and O–H groups in total. The molecule has 0 aliphatic heterocycles. The molecule has 246 valence electrons. The Morgan fingerprint density at radius 3 is 2.44 bits per heavy atom. The fourth-order valence-corrected chi connectivity index (χ4v) is 5.43. The molecule has 0 radical (unpaired) electrons. The standard InChI is InChI=1S/C28H31F7N6O4/c1-14(28(33,34)35)8-22(42)38-23(15-2-3-15)17-9-21-37-19(11-41(21)36-10-17)24(16-4-6-27(31,32)7-5-16)39-25(43)18-12-45-40-26(18)44-13-20(29)30/h9-12,14-16,20,23-24H,2-8,13H2,1H3,(H,38,42)(H,39,43)/t14-,23?,24+/m1/s1. The van der Waals surface area contributed by atoms with Gasteiger partial charge < -0.3 is 19.9 Å². The number of amides is 2. The molecule has 0 spiro atoms. The topological polar surface area (TPSA) is 124 Å². The molecule has 10 nitrogen and oxygen atoms in total. The van der Waals surface area contributed by atoms with Crippen LogP contribution in [0.1, 0.15) is 85.6 Å². The molecule has 5 rings (SSSR count). The molecule has 3 heterocycles. The molecule has 2 fully saturated rings. The second-order valence-corrected chi connectivity index (χ2v) is 11.7. The SMILES string of the molecule is C[C@H](CC(=O)NC(c1cnn2cc([C@@H](NC(=O)c3conc3OCC(F)F)C3CCC(F)(F)CC3)nc2c1)C1CC1)C(F)(F)F. The van der Waals surface area contributed by atoms with Crippen molar-refractivity contribution in [2.45, 2.75) is 82.5 Å². The van der Waals surface area contributed by atoms with Crippen LogP contribution in [0, 0.1) is 17.8 Å². The molecule has 2 amide bonds. The van der Waals surface area contributed by atoms with Crippen LogP contribution in [-0.2, 0) is 4.79 Å². The zero-order chi connectivity index (χ0) is 32.5. The average Bonchev–Trinajstić information content (AvgIpc) is 3.53. The summed E-state index contributed by atoms with van der Waals surface area (Å²) in [7, 11) is 0. The Morgan fingerprint density at radius 1 is 1.11 bits per heavy atom. The Morgan fingerprint density at radius 2 is 1.80 bits per heavy atom. The number of ether oxygens (including phenoxy) is 1. The van der Waals surface area contributed by atoms with E-state index in [0.717, 1.165) is 26.0 Å². The van der Waals surface area contributed by atoms with Gasteiger partial charge in [0.15, 0.2) is 12.3 Å². The molecule has 2 aliphatic carbocycles. The summed E-state index contributed by atoms with van der Waals surface area (Å²) < 4.78 is 103. The summed E-state index contributed by atoms with van der Waals surface area (Å²) in [6, 6.07) is 0.128. The minimum Gasteiger partial charge on any atom is -0.469 e. The summed E-state index contributed by atoms with van der Waals surface area (Å²) in [4.78, 5) is 30.3. The van der Waals surface area contributed by atoms with Crippen LogP contribution >= 0.6 is 0 Å². The van der Waals surface area contributed by atoms with Gasteiger partial charge in [0, 0.05) is 19.3 Å². The van der Waals surface area contributed by atoms with Crippen LogP contribution in [0.3, 0.4) is 0 Å². The maximum atomic E-state index is 14.0. The first-order valence-corrected chi connectivity index (χ1v) is 14.5. The van der Waals surface area contributed by atoms with Gasteiger partial charge in [0.1, 0.15) is 11.8 Å². The molecular formula is C28H31F7N6O4. The van der Waals surface area contributed by atoms with E-state index in [1.807, 2.05) is 0 Å². The Hall–Kier alpha value is -3.92. The van der Waals surface area contributed by atoms with Crippen molar-refractivity contribution in [2.75, 3.05) is 6.61 Å². The summed E-state index contributed by atoms with van der Waals surface area (Å²) >= 11 is 0. The number of halogens is 7. The predicted octanol–water partition coefficient (Wildman–Crippen LogP) is 5.81. The Balaban J connectivity index is 1.39. The Kier molecular flexibility index (Phi) is 9.26. The van der Waals surface area contributed by atoms with Crippen LogP contribution in [0.25, 0.3) is 5.65 Å². The molecule has 17 heteroatoms. The second-order valence-electron chi connectivity index (χ2n) is 11.7. The lowest BCUT2D eigenvalue weighted by atomic mass is 9.81. The third kappa shape index (κ3) is 8.03. The molecule has 3 aromatic rings. The number of fused-ring (bicyclic) bond motifs is 1. The van der Waals surface area contributed by atoms with E-state index in [1.165, 1.54) is 16.9 Å². The van der Waals surface area contributed by atoms with Crippen LogP contribution in [0.2, 0.25) is 0 Å². The van der Waals surface area contributed by atoms with Gasteiger partial charge in [-0.25, -0.2) is 27.1 Å². The summed E-state index contributed by atoms with van der Waals surface area (Å²) in [5.74, 6) is -7.15. The molecule has 3 atom stereocenters. The Labute approximate surface area is 252 Å². The maximum Gasteiger partial charge on any atom is 0.392 e. The van der Waals surface area contributed by atoms with Crippen molar-refractivity contribution < 1.29 is 49.6 Å². The molecule has 0 bridgehead atoms. The number of rotatable bonds is 12. The lowest BCUT2D eigenvalue weighted by Gasteiger charge is -2.33. The highest BCUT2D eigenvalue weighted by Gasteiger charge is 2.41. The number of aromatic nitrogens is 4. The van der Waals surface area contributed by atoms with Crippen molar-refractivity contribution in [3.05, 3.63) is 41.5 Å². The van der Waals surface area contributed by atoms with Gasteiger partial charge in [0.05, 0.1) is 36.1 Å². The first-order chi connectivity index (χ1) is 21.2. The second kappa shape index (κ2) is 12.8. The summed E-state index contributed by atoms with van der Waals surface area (Å²) in [5.41, 5.74) is 0.824. The van der Waals surface area contributed by atoms with E-state index in [2.05, 4.69) is 25.9 Å². The van der Waals surface area contributed by atoms with Crippen molar-refractivity contribution in [2.24, 2.45) is 17.8 Å². The Bertz CT molecular complexity index is 1500. The maximum absolute atomic E-state index is 14.0. The zero-order valence-electron chi connectivity index (χ0n) is 24.0. The van der Waals surface area contributed by atoms with Crippen LogP contribution in [0.5, 0.6) is 5.88 Å². The molecule has 3 aromatic heterocycles.